The van der Waals surface area contributed by atoms with Crippen LogP contribution in [0.15, 0.2) is 18.5 Å². The number of rotatable bonds is 4. The number of Topliss-reactive ketones (excluding diaryl/α,β-unsaturated/α-hetero) is 1. The van der Waals surface area contributed by atoms with Gasteiger partial charge in [-0.15, -0.1) is 0 Å². The summed E-state index contributed by atoms with van der Waals surface area (Å²) in [5.41, 5.74) is 0.918. The molecule has 0 atom stereocenters. The smallest absolute Gasteiger partial charge is 0.223 e. The van der Waals surface area contributed by atoms with E-state index in [1.54, 1.807) is 4.90 Å². The zero-order chi connectivity index (χ0) is 13.2. The zero-order valence-corrected chi connectivity index (χ0v) is 11.0. The van der Waals surface area contributed by atoms with E-state index in [-0.39, 0.29) is 23.8 Å². The second kappa shape index (κ2) is 4.96. The monoisotopic (exact) mass is 248 g/mol. The summed E-state index contributed by atoms with van der Waals surface area (Å²) in [6, 6.07) is 2.02. The molecule has 2 heterocycles. The average molecular weight is 248 g/mol. The Kier molecular flexibility index (Phi) is 3.55. The van der Waals surface area contributed by atoms with Gasteiger partial charge in [0.15, 0.2) is 5.78 Å². The van der Waals surface area contributed by atoms with Crippen molar-refractivity contribution in [2.45, 2.75) is 45.1 Å². The molecule has 0 unspecified atom stereocenters. The highest BCUT2D eigenvalue weighted by molar-refractivity contribution is 5.91. The number of ketones is 1. The van der Waals surface area contributed by atoms with E-state index in [1.165, 1.54) is 5.56 Å². The number of aromatic nitrogens is 1. The van der Waals surface area contributed by atoms with Gasteiger partial charge in [0.1, 0.15) is 0 Å². The Morgan fingerprint density at radius 2 is 2.28 bits per heavy atom. The van der Waals surface area contributed by atoms with Gasteiger partial charge in [-0.2, -0.15) is 0 Å². The molecule has 0 radical (unpaired) electrons. The summed E-state index contributed by atoms with van der Waals surface area (Å²) in [4.78, 5) is 28.3. The lowest BCUT2D eigenvalue weighted by Gasteiger charge is -2.30. The van der Waals surface area contributed by atoms with Crippen molar-refractivity contribution >= 4 is 11.7 Å². The third-order valence-corrected chi connectivity index (χ3v) is 3.51. The Morgan fingerprint density at radius 3 is 2.83 bits per heavy atom. The molecule has 1 fully saturated rings. The van der Waals surface area contributed by atoms with E-state index < -0.39 is 0 Å². The summed E-state index contributed by atoms with van der Waals surface area (Å²) in [6.07, 6.45) is 6.57. The van der Waals surface area contributed by atoms with Crippen LogP contribution in [0, 0.1) is 0 Å². The fourth-order valence-electron chi connectivity index (χ4n) is 2.54. The van der Waals surface area contributed by atoms with Gasteiger partial charge < -0.3 is 9.88 Å². The first-order valence-corrected chi connectivity index (χ1v) is 6.43. The molecule has 1 aromatic heterocycles. The van der Waals surface area contributed by atoms with Crippen LogP contribution in [0.5, 0.6) is 0 Å². The number of nitrogens with zero attached hydrogens (tertiary/aromatic N) is 1. The van der Waals surface area contributed by atoms with Gasteiger partial charge in [-0.3, -0.25) is 9.59 Å². The molecular weight excluding hydrogens is 228 g/mol. The van der Waals surface area contributed by atoms with Crippen LogP contribution in [0.4, 0.5) is 0 Å². The Morgan fingerprint density at radius 1 is 1.50 bits per heavy atom. The molecule has 2 rings (SSSR count). The maximum Gasteiger partial charge on any atom is 0.223 e. The molecule has 98 valence electrons. The van der Waals surface area contributed by atoms with Gasteiger partial charge in [0.05, 0.1) is 6.54 Å². The van der Waals surface area contributed by atoms with Crippen LogP contribution in [-0.4, -0.2) is 33.7 Å². The van der Waals surface area contributed by atoms with Gasteiger partial charge in [0.25, 0.3) is 0 Å². The number of aromatic amines is 1. The van der Waals surface area contributed by atoms with E-state index in [0.29, 0.717) is 12.8 Å². The van der Waals surface area contributed by atoms with Crippen molar-refractivity contribution in [3.8, 4) is 0 Å². The molecule has 0 aliphatic carbocycles. The standard InChI is InChI=1S/C14H20N2O2/c1-14(2)8-12(17)10-16(14)13(18)5-3-4-11-6-7-15-9-11/h6-7,9,15H,3-5,8,10H2,1-2H3. The minimum Gasteiger partial charge on any atom is -0.367 e. The van der Waals surface area contributed by atoms with Crippen molar-refractivity contribution in [1.29, 1.82) is 0 Å². The number of hydrogen-bond donors (Lipinski definition) is 1. The number of nitrogens with one attached hydrogen (secondary N) is 1. The minimum atomic E-state index is -0.303. The molecule has 1 amide bonds. The Labute approximate surface area is 107 Å². The van der Waals surface area contributed by atoms with Gasteiger partial charge in [0.2, 0.25) is 5.91 Å². The zero-order valence-electron chi connectivity index (χ0n) is 11.0. The first-order valence-electron chi connectivity index (χ1n) is 6.43. The first kappa shape index (κ1) is 12.9. The molecule has 1 aliphatic rings. The van der Waals surface area contributed by atoms with E-state index in [4.69, 9.17) is 0 Å². The largest absolute Gasteiger partial charge is 0.367 e. The number of carbonyl (C=O) groups excluding carboxylic acids is 2. The van der Waals surface area contributed by atoms with Crippen molar-refractivity contribution < 1.29 is 9.59 Å². The molecule has 1 saturated heterocycles. The predicted molar refractivity (Wildman–Crippen MR) is 69.1 cm³/mol. The van der Waals surface area contributed by atoms with E-state index >= 15 is 0 Å². The average Bonchev–Trinajstić information content (AvgIpc) is 2.85. The van der Waals surface area contributed by atoms with Crippen LogP contribution in [0.3, 0.4) is 0 Å². The summed E-state index contributed by atoms with van der Waals surface area (Å²) >= 11 is 0. The third-order valence-electron chi connectivity index (χ3n) is 3.51. The van der Waals surface area contributed by atoms with Crippen molar-refractivity contribution in [1.82, 2.24) is 9.88 Å². The Bertz CT molecular complexity index is 435. The molecule has 0 bridgehead atoms. The molecule has 18 heavy (non-hydrogen) atoms. The number of aryl methyl sites for hydroxylation is 1. The van der Waals surface area contributed by atoms with Crippen LogP contribution < -0.4 is 0 Å². The fourth-order valence-corrected chi connectivity index (χ4v) is 2.54. The first-order chi connectivity index (χ1) is 8.49. The van der Waals surface area contributed by atoms with Crippen LogP contribution >= 0.6 is 0 Å². The molecule has 0 saturated carbocycles. The fraction of sp³-hybridized carbons (Fsp3) is 0.571. The summed E-state index contributed by atoms with van der Waals surface area (Å²) < 4.78 is 0. The highest BCUT2D eigenvalue weighted by Crippen LogP contribution is 2.27. The number of carbonyl (C=O) groups is 2. The SMILES string of the molecule is CC1(C)CC(=O)CN1C(=O)CCCc1cc[nH]c1. The van der Waals surface area contributed by atoms with Gasteiger partial charge in [-0.25, -0.2) is 0 Å². The molecule has 1 N–H and O–H groups in total. The number of H-pyrrole nitrogens is 1. The van der Waals surface area contributed by atoms with Crippen LogP contribution in [-0.2, 0) is 16.0 Å². The van der Waals surface area contributed by atoms with Gasteiger partial charge in [-0.05, 0) is 38.3 Å². The van der Waals surface area contributed by atoms with Crippen molar-refractivity contribution in [2.24, 2.45) is 0 Å². The Balaban J connectivity index is 1.83. The maximum atomic E-state index is 12.1. The second-order valence-electron chi connectivity index (χ2n) is 5.58. The lowest BCUT2D eigenvalue weighted by Crippen LogP contribution is -2.42. The van der Waals surface area contributed by atoms with E-state index in [1.807, 2.05) is 32.3 Å². The van der Waals surface area contributed by atoms with Crippen LogP contribution in [0.1, 0.15) is 38.7 Å². The van der Waals surface area contributed by atoms with E-state index in [0.717, 1.165) is 12.8 Å². The normalized spacial score (nSPS) is 18.3. The highest BCUT2D eigenvalue weighted by Gasteiger charge is 2.39. The van der Waals surface area contributed by atoms with Crippen LogP contribution in [0.25, 0.3) is 0 Å². The van der Waals surface area contributed by atoms with Crippen molar-refractivity contribution in [2.75, 3.05) is 6.54 Å². The second-order valence-corrected chi connectivity index (χ2v) is 5.58. The van der Waals surface area contributed by atoms with Crippen LogP contribution in [0.2, 0.25) is 0 Å². The quantitative estimate of drug-likeness (QED) is 0.885. The van der Waals surface area contributed by atoms with Gasteiger partial charge in [-0.1, -0.05) is 0 Å². The molecule has 4 nitrogen and oxygen atoms in total. The number of likely N-dealkylation sites (tertiary alicyclic amines) is 1. The lowest BCUT2D eigenvalue weighted by atomic mass is 10.0. The van der Waals surface area contributed by atoms with Gasteiger partial charge >= 0.3 is 0 Å². The van der Waals surface area contributed by atoms with E-state index in [9.17, 15) is 9.59 Å². The maximum absolute atomic E-state index is 12.1. The minimum absolute atomic E-state index is 0.0985. The molecule has 0 spiro atoms. The molecule has 4 heteroatoms. The van der Waals surface area contributed by atoms with Crippen molar-refractivity contribution in [3.63, 3.8) is 0 Å². The molecule has 1 aromatic rings. The third kappa shape index (κ3) is 2.81. The summed E-state index contributed by atoms with van der Waals surface area (Å²) in [7, 11) is 0. The lowest BCUT2D eigenvalue weighted by molar-refractivity contribution is -0.135. The summed E-state index contributed by atoms with van der Waals surface area (Å²) in [5.74, 6) is 0.264. The number of amides is 1. The topological polar surface area (TPSA) is 53.2 Å². The highest BCUT2D eigenvalue weighted by atomic mass is 16.2. The summed E-state index contributed by atoms with van der Waals surface area (Å²) in [6.45, 7) is 4.21. The predicted octanol–water partition coefficient (Wildman–Crippen LogP) is 1.92. The molecule has 1 aliphatic heterocycles. The van der Waals surface area contributed by atoms with Crippen molar-refractivity contribution in [3.05, 3.63) is 24.0 Å². The van der Waals surface area contributed by atoms with Gasteiger partial charge in [0, 0.05) is 30.8 Å². The molecular formula is C14H20N2O2. The summed E-state index contributed by atoms with van der Waals surface area (Å²) in [5, 5.41) is 0. The Hall–Kier alpha value is -1.58. The van der Waals surface area contributed by atoms with E-state index in [2.05, 4.69) is 4.98 Å². The number of hydrogen-bond acceptors (Lipinski definition) is 2. The molecule has 0 aromatic carbocycles.